The van der Waals surface area contributed by atoms with Crippen LogP contribution >= 0.6 is 0 Å². The number of nitrogens with zero attached hydrogens (tertiary/aromatic N) is 1. The second-order valence-corrected chi connectivity index (χ2v) is 13.4. The topological polar surface area (TPSA) is 107 Å². The fourth-order valence-corrected chi connectivity index (χ4v) is 7.88. The molecule has 9 nitrogen and oxygen atoms in total. The monoisotopic (exact) mass is 541 g/mol. The number of hydrogen-bond donors (Lipinski definition) is 2. The number of carbonyl (C=O) groups is 1. The lowest BCUT2D eigenvalue weighted by atomic mass is 9.78. The summed E-state index contributed by atoms with van der Waals surface area (Å²) in [4.78, 5) is 15.3. The van der Waals surface area contributed by atoms with Crippen LogP contribution in [0.1, 0.15) is 81.1 Å². The molecule has 4 rings (SSSR count). The molecule has 0 saturated carbocycles. The standard InChI is InChI=1S/C29H51NO8/c1-11-21-27(7)13-15(2)29(37-27)16(3)14-28(8,38-29)24(18(5)22(31)19(6)25(33)35-21)36-26-23(32)20(30(9)10)12-17(4)34-26/h15-24,26,31-32H,11-14H2,1-10H3/t15-,16-,17-,18?,19-,20+,21-,22+,23-,24-,26+,27-,28+,29?/m1/s1. The summed E-state index contributed by atoms with van der Waals surface area (Å²) in [5.41, 5.74) is -1.58. The van der Waals surface area contributed by atoms with Gasteiger partial charge in [-0.1, -0.05) is 27.7 Å². The van der Waals surface area contributed by atoms with E-state index >= 15 is 0 Å². The minimum atomic E-state index is -1.05. The van der Waals surface area contributed by atoms with Crippen LogP contribution in [0.5, 0.6) is 0 Å². The van der Waals surface area contributed by atoms with Crippen LogP contribution < -0.4 is 0 Å². The first-order chi connectivity index (χ1) is 17.6. The van der Waals surface area contributed by atoms with Crippen LogP contribution in [-0.2, 0) is 28.5 Å². The molecule has 1 spiro atoms. The predicted octanol–water partition coefficient (Wildman–Crippen LogP) is 3.09. The van der Waals surface area contributed by atoms with E-state index in [1.165, 1.54) is 0 Å². The van der Waals surface area contributed by atoms with Gasteiger partial charge in [0.2, 0.25) is 0 Å². The number of fused-ring (bicyclic) bond motifs is 2. The molecule has 4 saturated heterocycles. The summed E-state index contributed by atoms with van der Waals surface area (Å²) in [7, 11) is 3.87. The second-order valence-electron chi connectivity index (χ2n) is 13.4. The number of ether oxygens (including phenoxy) is 5. The van der Waals surface area contributed by atoms with Crippen molar-refractivity contribution in [1.82, 2.24) is 4.90 Å². The Balaban J connectivity index is 1.76. The Bertz CT molecular complexity index is 872. The normalized spacial score (nSPS) is 53.9. The third-order valence-corrected chi connectivity index (χ3v) is 9.95. The molecule has 0 radical (unpaired) electrons. The van der Waals surface area contributed by atoms with Crippen LogP contribution in [0, 0.1) is 23.7 Å². The number of aliphatic hydroxyl groups is 2. The molecule has 2 unspecified atom stereocenters. The van der Waals surface area contributed by atoms with E-state index in [1.54, 1.807) is 6.92 Å². The van der Waals surface area contributed by atoms with E-state index < -0.39 is 65.5 Å². The molecule has 4 aliphatic rings. The van der Waals surface area contributed by atoms with Crippen molar-refractivity contribution in [1.29, 1.82) is 0 Å². The van der Waals surface area contributed by atoms with Crippen molar-refractivity contribution in [3.05, 3.63) is 0 Å². The summed E-state index contributed by atoms with van der Waals surface area (Å²) < 4.78 is 32.7. The highest BCUT2D eigenvalue weighted by molar-refractivity contribution is 5.73. The van der Waals surface area contributed by atoms with Gasteiger partial charge in [0, 0.05) is 23.8 Å². The van der Waals surface area contributed by atoms with Crippen LogP contribution in [0.3, 0.4) is 0 Å². The molecule has 38 heavy (non-hydrogen) atoms. The minimum Gasteiger partial charge on any atom is -0.459 e. The highest BCUT2D eigenvalue weighted by Crippen LogP contribution is 2.58. The fraction of sp³-hybridized carbons (Fsp3) is 0.966. The van der Waals surface area contributed by atoms with Gasteiger partial charge in [-0.2, -0.15) is 0 Å². The Morgan fingerprint density at radius 2 is 1.55 bits per heavy atom. The Labute approximate surface area is 228 Å². The van der Waals surface area contributed by atoms with Crippen LogP contribution in [-0.4, -0.2) is 95.0 Å². The summed E-state index contributed by atoms with van der Waals surface area (Å²) in [5.74, 6) is -2.58. The summed E-state index contributed by atoms with van der Waals surface area (Å²) >= 11 is 0. The van der Waals surface area contributed by atoms with E-state index in [4.69, 9.17) is 23.7 Å². The summed E-state index contributed by atoms with van der Waals surface area (Å²) in [6.07, 6.45) is -1.52. The molecular weight excluding hydrogens is 490 g/mol. The van der Waals surface area contributed by atoms with Crippen molar-refractivity contribution in [2.24, 2.45) is 23.7 Å². The van der Waals surface area contributed by atoms with Crippen LogP contribution in [0.25, 0.3) is 0 Å². The first-order valence-corrected chi connectivity index (χ1v) is 14.5. The minimum absolute atomic E-state index is 0.0248. The molecule has 0 aromatic rings. The Morgan fingerprint density at radius 1 is 0.974 bits per heavy atom. The number of esters is 1. The maximum atomic E-state index is 13.3. The fourth-order valence-electron chi connectivity index (χ4n) is 7.88. The van der Waals surface area contributed by atoms with E-state index in [-0.39, 0.29) is 24.0 Å². The van der Waals surface area contributed by atoms with Crippen molar-refractivity contribution in [2.75, 3.05) is 14.1 Å². The number of aliphatic hydroxyl groups excluding tert-OH is 2. The molecule has 0 aliphatic carbocycles. The van der Waals surface area contributed by atoms with Gasteiger partial charge in [-0.25, -0.2) is 0 Å². The van der Waals surface area contributed by atoms with Gasteiger partial charge in [-0.05, 0) is 67.5 Å². The lowest BCUT2D eigenvalue weighted by Gasteiger charge is -2.47. The first-order valence-electron chi connectivity index (χ1n) is 14.5. The SMILES string of the molecule is CC[C@H]1OC(=O)[C@H](C)[C@@H](O)C(C)[C@@H](O[C@@H]2O[C@H](C)C[C@H](N(C)C)[C@H]2O)[C@]2(C)C[C@@H](C)C3(O[C@]1(C)C[C@H]3C)O2. The van der Waals surface area contributed by atoms with Gasteiger partial charge in [0.25, 0.3) is 0 Å². The van der Waals surface area contributed by atoms with Crippen molar-refractivity contribution < 1.29 is 38.7 Å². The Hall–Kier alpha value is -0.810. The van der Waals surface area contributed by atoms with Crippen molar-refractivity contribution in [3.8, 4) is 0 Å². The van der Waals surface area contributed by atoms with Crippen LogP contribution in [0.4, 0.5) is 0 Å². The first kappa shape index (κ1) is 30.2. The number of likely N-dealkylation sites (N-methyl/N-ethyl adjacent to an activating group) is 1. The molecule has 4 heterocycles. The van der Waals surface area contributed by atoms with Crippen LogP contribution in [0.2, 0.25) is 0 Å². The number of rotatable bonds is 4. The highest BCUT2D eigenvalue weighted by Gasteiger charge is 2.67. The van der Waals surface area contributed by atoms with E-state index in [1.807, 2.05) is 53.6 Å². The average molecular weight is 542 g/mol. The Kier molecular flexibility index (Phi) is 8.37. The molecule has 0 aromatic heterocycles. The molecule has 0 amide bonds. The lowest BCUT2D eigenvalue weighted by Crippen LogP contribution is -2.59. The van der Waals surface area contributed by atoms with Gasteiger partial charge in [0.15, 0.2) is 12.1 Å². The molecule has 4 fully saturated rings. The van der Waals surface area contributed by atoms with E-state index in [0.717, 1.165) is 0 Å². The zero-order valence-corrected chi connectivity index (χ0v) is 25.0. The van der Waals surface area contributed by atoms with Gasteiger partial charge in [0.05, 0.1) is 29.8 Å². The molecule has 0 aromatic carbocycles. The molecule has 3 bridgehead atoms. The third-order valence-electron chi connectivity index (χ3n) is 9.95. The number of carbonyl (C=O) groups excluding carboxylic acids is 1. The van der Waals surface area contributed by atoms with E-state index in [2.05, 4.69) is 13.8 Å². The maximum absolute atomic E-state index is 13.3. The molecule has 4 aliphatic heterocycles. The molecule has 2 N–H and O–H groups in total. The summed E-state index contributed by atoms with van der Waals surface area (Å²) in [5, 5.41) is 22.8. The summed E-state index contributed by atoms with van der Waals surface area (Å²) in [6.45, 7) is 15.8. The number of cyclic esters (lactones) is 1. The largest absolute Gasteiger partial charge is 0.459 e. The van der Waals surface area contributed by atoms with Crippen molar-refractivity contribution in [2.45, 2.75) is 141 Å². The molecule has 9 heteroatoms. The lowest BCUT2D eigenvalue weighted by molar-refractivity contribution is -0.337. The van der Waals surface area contributed by atoms with Crippen molar-refractivity contribution >= 4 is 5.97 Å². The maximum Gasteiger partial charge on any atom is 0.311 e. The molecule has 14 atom stereocenters. The second kappa shape index (κ2) is 10.5. The van der Waals surface area contributed by atoms with E-state index in [0.29, 0.717) is 25.7 Å². The van der Waals surface area contributed by atoms with Gasteiger partial charge in [0.1, 0.15) is 17.8 Å². The van der Waals surface area contributed by atoms with Gasteiger partial charge >= 0.3 is 5.97 Å². The van der Waals surface area contributed by atoms with Gasteiger partial charge in [-0.3, -0.25) is 4.79 Å². The molecular formula is C29H51NO8. The zero-order valence-electron chi connectivity index (χ0n) is 25.0. The Morgan fingerprint density at radius 3 is 2.13 bits per heavy atom. The molecule has 220 valence electrons. The van der Waals surface area contributed by atoms with Crippen molar-refractivity contribution in [3.63, 3.8) is 0 Å². The van der Waals surface area contributed by atoms with Crippen LogP contribution in [0.15, 0.2) is 0 Å². The van der Waals surface area contributed by atoms with Gasteiger partial charge < -0.3 is 38.8 Å². The quantitative estimate of drug-likeness (QED) is 0.519. The summed E-state index contributed by atoms with van der Waals surface area (Å²) in [6, 6.07) is -0.142. The zero-order chi connectivity index (χ0) is 28.4. The predicted molar refractivity (Wildman–Crippen MR) is 141 cm³/mol. The van der Waals surface area contributed by atoms with E-state index in [9.17, 15) is 15.0 Å². The third kappa shape index (κ3) is 4.95. The number of hydrogen-bond acceptors (Lipinski definition) is 9. The average Bonchev–Trinajstić information content (AvgIpc) is 3.25. The highest BCUT2D eigenvalue weighted by atomic mass is 16.8. The van der Waals surface area contributed by atoms with Gasteiger partial charge in [-0.15, -0.1) is 0 Å². The smallest absolute Gasteiger partial charge is 0.311 e.